The van der Waals surface area contributed by atoms with Gasteiger partial charge in [0, 0.05) is 5.56 Å². The molecule has 0 saturated carbocycles. The van der Waals surface area contributed by atoms with Crippen LogP contribution >= 0.6 is 11.3 Å². The number of hydrogen-bond acceptors (Lipinski definition) is 4. The average molecular weight is 334 g/mol. The van der Waals surface area contributed by atoms with Crippen molar-refractivity contribution in [2.75, 3.05) is 12.4 Å². The Labute approximate surface area is 142 Å². The van der Waals surface area contributed by atoms with Crippen LogP contribution in [-0.2, 0) is 0 Å². The fourth-order valence-corrected chi connectivity index (χ4v) is 3.47. The lowest BCUT2D eigenvalue weighted by Gasteiger charge is -2.03. The van der Waals surface area contributed by atoms with Gasteiger partial charge in [-0.3, -0.25) is 10.1 Å². The number of nitrogens with one attached hydrogen (secondary N) is 1. The van der Waals surface area contributed by atoms with Crippen molar-refractivity contribution >= 4 is 43.4 Å². The molecule has 0 radical (unpaired) electrons. The first-order chi connectivity index (χ1) is 11.7. The second kappa shape index (κ2) is 5.94. The molecule has 1 N–H and O–H groups in total. The zero-order valence-corrected chi connectivity index (χ0v) is 13.8. The molecule has 4 rings (SSSR count). The quantitative estimate of drug-likeness (QED) is 0.590. The van der Waals surface area contributed by atoms with Gasteiger partial charge in [0.05, 0.1) is 17.3 Å². The van der Waals surface area contributed by atoms with Crippen LogP contribution in [-0.4, -0.2) is 18.0 Å². The summed E-state index contributed by atoms with van der Waals surface area (Å²) in [5.41, 5.74) is 1.46. The molecule has 0 aliphatic heterocycles. The molecule has 0 bridgehead atoms. The van der Waals surface area contributed by atoms with Crippen molar-refractivity contribution in [2.24, 2.45) is 0 Å². The predicted octanol–water partition coefficient (Wildman–Crippen LogP) is 4.71. The van der Waals surface area contributed by atoms with E-state index in [0.717, 1.165) is 26.7 Å². The summed E-state index contributed by atoms with van der Waals surface area (Å²) in [7, 11) is 1.63. The minimum Gasteiger partial charge on any atom is -0.497 e. The Morgan fingerprint density at radius 2 is 1.88 bits per heavy atom. The van der Waals surface area contributed by atoms with E-state index in [1.54, 1.807) is 7.11 Å². The van der Waals surface area contributed by atoms with Crippen molar-refractivity contribution in [2.45, 2.75) is 0 Å². The molecule has 1 amide bonds. The van der Waals surface area contributed by atoms with Crippen LogP contribution in [0.2, 0.25) is 0 Å². The minimum atomic E-state index is -0.160. The summed E-state index contributed by atoms with van der Waals surface area (Å²) in [6, 6.07) is 19.3. The van der Waals surface area contributed by atoms with Gasteiger partial charge >= 0.3 is 0 Å². The average Bonchev–Trinajstić information content (AvgIpc) is 3.02. The maximum atomic E-state index is 12.5. The summed E-state index contributed by atoms with van der Waals surface area (Å²) in [4.78, 5) is 16.9. The topological polar surface area (TPSA) is 51.2 Å². The van der Waals surface area contributed by atoms with E-state index in [1.165, 1.54) is 11.3 Å². The number of nitrogens with zero attached hydrogens (tertiary/aromatic N) is 1. The number of ether oxygens (including phenoxy) is 1. The number of amides is 1. The summed E-state index contributed by atoms with van der Waals surface area (Å²) in [6.45, 7) is 0. The summed E-state index contributed by atoms with van der Waals surface area (Å²) >= 11 is 1.43. The maximum Gasteiger partial charge on any atom is 0.257 e. The highest BCUT2D eigenvalue weighted by Gasteiger charge is 2.11. The first kappa shape index (κ1) is 14.7. The first-order valence-corrected chi connectivity index (χ1v) is 8.29. The van der Waals surface area contributed by atoms with Crippen LogP contribution in [0.1, 0.15) is 10.4 Å². The molecule has 0 spiro atoms. The predicted molar refractivity (Wildman–Crippen MR) is 98.1 cm³/mol. The second-order valence-electron chi connectivity index (χ2n) is 5.37. The fourth-order valence-electron chi connectivity index (χ4n) is 2.59. The molecule has 4 nitrogen and oxygen atoms in total. The molecule has 1 heterocycles. The highest BCUT2D eigenvalue weighted by molar-refractivity contribution is 7.22. The third kappa shape index (κ3) is 2.70. The Kier molecular flexibility index (Phi) is 3.63. The van der Waals surface area contributed by atoms with Crippen molar-refractivity contribution < 1.29 is 9.53 Å². The van der Waals surface area contributed by atoms with Crippen molar-refractivity contribution in [3.05, 3.63) is 66.2 Å². The maximum absolute atomic E-state index is 12.5. The van der Waals surface area contributed by atoms with E-state index in [9.17, 15) is 4.79 Å². The van der Waals surface area contributed by atoms with Gasteiger partial charge in [-0.25, -0.2) is 4.98 Å². The Hall–Kier alpha value is -2.92. The van der Waals surface area contributed by atoms with Crippen LogP contribution < -0.4 is 10.1 Å². The molecular weight excluding hydrogens is 320 g/mol. The number of fused-ring (bicyclic) bond motifs is 2. The molecule has 24 heavy (non-hydrogen) atoms. The van der Waals surface area contributed by atoms with Gasteiger partial charge in [0.25, 0.3) is 5.91 Å². The van der Waals surface area contributed by atoms with Gasteiger partial charge in [-0.1, -0.05) is 41.7 Å². The number of methoxy groups -OCH3 is 1. The lowest BCUT2D eigenvalue weighted by Crippen LogP contribution is -2.11. The molecule has 0 aliphatic carbocycles. The van der Waals surface area contributed by atoms with E-state index >= 15 is 0 Å². The molecule has 0 unspecified atom stereocenters. The highest BCUT2D eigenvalue weighted by Crippen LogP contribution is 2.29. The lowest BCUT2D eigenvalue weighted by molar-refractivity contribution is 0.102. The summed E-state index contributed by atoms with van der Waals surface area (Å²) < 4.78 is 6.19. The Morgan fingerprint density at radius 1 is 1.04 bits per heavy atom. The number of aromatic nitrogens is 1. The van der Waals surface area contributed by atoms with Crippen molar-refractivity contribution in [1.82, 2.24) is 4.98 Å². The SMILES string of the molecule is COc1ccc2nc(NC(=O)c3ccc4ccccc4c3)sc2c1. The van der Waals surface area contributed by atoms with Crippen molar-refractivity contribution in [1.29, 1.82) is 0 Å². The Bertz CT molecular complexity index is 1060. The van der Waals surface area contributed by atoms with Crippen LogP contribution in [0.15, 0.2) is 60.7 Å². The van der Waals surface area contributed by atoms with E-state index < -0.39 is 0 Å². The summed E-state index contributed by atoms with van der Waals surface area (Å²) in [5.74, 6) is 0.616. The van der Waals surface area contributed by atoms with Crippen LogP contribution in [0, 0.1) is 0 Å². The van der Waals surface area contributed by atoms with E-state index in [0.29, 0.717) is 10.7 Å². The molecule has 118 valence electrons. The fraction of sp³-hybridized carbons (Fsp3) is 0.0526. The van der Waals surface area contributed by atoms with Gasteiger partial charge in [0.15, 0.2) is 5.13 Å². The van der Waals surface area contributed by atoms with Gasteiger partial charge in [0.2, 0.25) is 0 Å². The summed E-state index contributed by atoms with van der Waals surface area (Å²) in [6.07, 6.45) is 0. The monoisotopic (exact) mass is 334 g/mol. The number of thiazole rings is 1. The third-order valence-corrected chi connectivity index (χ3v) is 4.76. The second-order valence-corrected chi connectivity index (χ2v) is 6.40. The van der Waals surface area contributed by atoms with Gasteiger partial charge < -0.3 is 4.74 Å². The van der Waals surface area contributed by atoms with Gasteiger partial charge in [-0.15, -0.1) is 0 Å². The standard InChI is InChI=1S/C19H14N2O2S/c1-23-15-8-9-16-17(11-15)24-19(20-16)21-18(22)14-7-6-12-4-2-3-5-13(12)10-14/h2-11H,1H3,(H,20,21,22). The number of rotatable bonds is 3. The van der Waals surface area contributed by atoms with Gasteiger partial charge in [-0.05, 0) is 41.1 Å². The van der Waals surface area contributed by atoms with Crippen LogP contribution in [0.5, 0.6) is 5.75 Å². The molecular formula is C19H14N2O2S. The molecule has 4 aromatic rings. The number of hydrogen-bond donors (Lipinski definition) is 1. The Balaban J connectivity index is 1.62. The molecule has 0 saturated heterocycles. The largest absolute Gasteiger partial charge is 0.497 e. The van der Waals surface area contributed by atoms with E-state index in [4.69, 9.17) is 4.74 Å². The van der Waals surface area contributed by atoms with Crippen molar-refractivity contribution in [3.63, 3.8) is 0 Å². The number of benzene rings is 3. The zero-order valence-electron chi connectivity index (χ0n) is 12.9. The normalized spacial score (nSPS) is 10.9. The molecule has 0 atom stereocenters. The number of carbonyl (C=O) groups is 1. The van der Waals surface area contributed by atoms with Gasteiger partial charge in [0.1, 0.15) is 5.75 Å². The lowest BCUT2D eigenvalue weighted by atomic mass is 10.1. The number of anilines is 1. The summed E-state index contributed by atoms with van der Waals surface area (Å²) in [5, 5.41) is 5.61. The van der Waals surface area contributed by atoms with E-state index in [1.807, 2.05) is 60.7 Å². The molecule has 0 fully saturated rings. The molecule has 5 heteroatoms. The molecule has 0 aliphatic rings. The Morgan fingerprint density at radius 3 is 2.71 bits per heavy atom. The smallest absolute Gasteiger partial charge is 0.257 e. The van der Waals surface area contributed by atoms with E-state index in [-0.39, 0.29) is 5.91 Å². The number of carbonyl (C=O) groups excluding carboxylic acids is 1. The minimum absolute atomic E-state index is 0.160. The van der Waals surface area contributed by atoms with Crippen LogP contribution in [0.4, 0.5) is 5.13 Å². The van der Waals surface area contributed by atoms with E-state index in [2.05, 4.69) is 10.3 Å². The van der Waals surface area contributed by atoms with Crippen LogP contribution in [0.25, 0.3) is 21.0 Å². The van der Waals surface area contributed by atoms with Crippen LogP contribution in [0.3, 0.4) is 0 Å². The van der Waals surface area contributed by atoms with Crippen molar-refractivity contribution in [3.8, 4) is 5.75 Å². The molecule has 1 aromatic heterocycles. The molecule has 3 aromatic carbocycles. The highest BCUT2D eigenvalue weighted by atomic mass is 32.1. The third-order valence-electron chi connectivity index (χ3n) is 3.83. The first-order valence-electron chi connectivity index (χ1n) is 7.48. The zero-order chi connectivity index (χ0) is 16.5. The van der Waals surface area contributed by atoms with Gasteiger partial charge in [-0.2, -0.15) is 0 Å².